The molecule has 0 bridgehead atoms. The van der Waals surface area contributed by atoms with E-state index in [9.17, 15) is 9.90 Å². The molecule has 96 valence electrons. The molecule has 0 saturated heterocycles. The highest BCUT2D eigenvalue weighted by atomic mass is 32.2. The van der Waals surface area contributed by atoms with E-state index < -0.39 is 6.10 Å². The maximum absolute atomic E-state index is 11.6. The molecule has 1 atom stereocenters. The normalized spacial score (nSPS) is 12.8. The van der Waals surface area contributed by atoms with Crippen molar-refractivity contribution in [3.05, 3.63) is 17.9 Å². The second-order valence-electron chi connectivity index (χ2n) is 4.32. The summed E-state index contributed by atoms with van der Waals surface area (Å²) >= 11 is 1.44. The number of nitrogens with one attached hydrogen (secondary N) is 1. The highest BCUT2D eigenvalue weighted by Gasteiger charge is 2.13. The van der Waals surface area contributed by atoms with Crippen LogP contribution in [-0.2, 0) is 0 Å². The van der Waals surface area contributed by atoms with Crippen LogP contribution in [0, 0.1) is 5.92 Å². The molecule has 0 fully saturated rings. The lowest BCUT2D eigenvalue weighted by atomic mass is 10.1. The van der Waals surface area contributed by atoms with Gasteiger partial charge in [-0.25, -0.2) is 0 Å². The van der Waals surface area contributed by atoms with Crippen molar-refractivity contribution in [3.8, 4) is 0 Å². The maximum atomic E-state index is 11.6. The summed E-state index contributed by atoms with van der Waals surface area (Å²) in [4.78, 5) is 11.6. The van der Waals surface area contributed by atoms with Crippen molar-refractivity contribution in [2.75, 3.05) is 12.8 Å². The molecule has 0 saturated carbocycles. The van der Waals surface area contributed by atoms with E-state index in [-0.39, 0.29) is 18.2 Å². The van der Waals surface area contributed by atoms with Gasteiger partial charge in [-0.3, -0.25) is 4.79 Å². The quantitative estimate of drug-likeness (QED) is 0.766. The van der Waals surface area contributed by atoms with Gasteiger partial charge in [-0.15, -0.1) is 0 Å². The van der Waals surface area contributed by atoms with Crippen LogP contribution < -0.4 is 5.32 Å². The fourth-order valence-corrected chi connectivity index (χ4v) is 1.85. The van der Waals surface area contributed by atoms with Crippen LogP contribution in [0.4, 0.5) is 0 Å². The van der Waals surface area contributed by atoms with Crippen LogP contribution >= 0.6 is 11.8 Å². The number of hydrogen-bond donors (Lipinski definition) is 2. The molecule has 0 spiro atoms. The van der Waals surface area contributed by atoms with Crippen LogP contribution in [0.15, 0.2) is 21.6 Å². The number of hydrogen-bond acceptors (Lipinski definition) is 4. The molecule has 1 amide bonds. The van der Waals surface area contributed by atoms with E-state index in [4.69, 9.17) is 4.42 Å². The number of carbonyl (C=O) groups is 1. The predicted molar refractivity (Wildman–Crippen MR) is 68.3 cm³/mol. The molecule has 1 aromatic heterocycles. The molecule has 5 heteroatoms. The molecule has 0 aliphatic heterocycles. The number of aliphatic hydroxyl groups is 1. The van der Waals surface area contributed by atoms with E-state index in [1.807, 2.05) is 20.1 Å². The summed E-state index contributed by atoms with van der Waals surface area (Å²) in [6.45, 7) is 4.32. The van der Waals surface area contributed by atoms with Crippen LogP contribution in [0.1, 0.15) is 30.8 Å². The summed E-state index contributed by atoms with van der Waals surface area (Å²) in [5, 5.41) is 13.0. The van der Waals surface area contributed by atoms with Crippen molar-refractivity contribution in [1.82, 2.24) is 5.32 Å². The minimum atomic E-state index is -0.506. The van der Waals surface area contributed by atoms with Gasteiger partial charge in [0.15, 0.2) is 10.9 Å². The standard InChI is InChI=1S/C12H19NO3S/c1-8(2)6-9(14)7-13-12(15)10-4-5-11(16-10)17-3/h4-5,8-9,14H,6-7H2,1-3H3,(H,13,15). The Hall–Kier alpha value is -0.940. The van der Waals surface area contributed by atoms with E-state index in [0.717, 1.165) is 0 Å². The lowest BCUT2D eigenvalue weighted by molar-refractivity contribution is 0.0869. The van der Waals surface area contributed by atoms with E-state index in [1.54, 1.807) is 12.1 Å². The highest BCUT2D eigenvalue weighted by molar-refractivity contribution is 7.98. The van der Waals surface area contributed by atoms with E-state index in [2.05, 4.69) is 5.32 Å². The van der Waals surface area contributed by atoms with E-state index in [0.29, 0.717) is 17.4 Å². The Morgan fingerprint density at radius 2 is 2.24 bits per heavy atom. The molecule has 1 aromatic rings. The van der Waals surface area contributed by atoms with Crippen LogP contribution in [-0.4, -0.2) is 29.9 Å². The zero-order chi connectivity index (χ0) is 12.8. The minimum absolute atomic E-state index is 0.256. The Balaban J connectivity index is 2.39. The van der Waals surface area contributed by atoms with Crippen LogP contribution in [0.25, 0.3) is 0 Å². The van der Waals surface area contributed by atoms with Gasteiger partial charge in [-0.05, 0) is 30.7 Å². The Labute approximate surface area is 106 Å². The third kappa shape index (κ3) is 4.83. The van der Waals surface area contributed by atoms with Gasteiger partial charge in [0, 0.05) is 6.54 Å². The predicted octanol–water partition coefficient (Wildman–Crippen LogP) is 2.14. The van der Waals surface area contributed by atoms with Crippen LogP contribution in [0.2, 0.25) is 0 Å². The highest BCUT2D eigenvalue weighted by Crippen LogP contribution is 2.17. The summed E-state index contributed by atoms with van der Waals surface area (Å²) in [5.74, 6) is 0.410. The summed E-state index contributed by atoms with van der Waals surface area (Å²) in [6, 6.07) is 3.39. The van der Waals surface area contributed by atoms with Gasteiger partial charge >= 0.3 is 0 Å². The van der Waals surface area contributed by atoms with E-state index in [1.165, 1.54) is 11.8 Å². The zero-order valence-electron chi connectivity index (χ0n) is 10.4. The van der Waals surface area contributed by atoms with Crippen molar-refractivity contribution in [3.63, 3.8) is 0 Å². The Morgan fingerprint density at radius 3 is 2.76 bits per heavy atom. The van der Waals surface area contributed by atoms with Crippen LogP contribution in [0.3, 0.4) is 0 Å². The molecule has 0 aliphatic carbocycles. The Morgan fingerprint density at radius 1 is 1.53 bits per heavy atom. The first-order chi connectivity index (χ1) is 8.02. The SMILES string of the molecule is CSc1ccc(C(=O)NCC(O)CC(C)C)o1. The van der Waals surface area contributed by atoms with Gasteiger partial charge in [0.25, 0.3) is 5.91 Å². The molecule has 1 heterocycles. The van der Waals surface area contributed by atoms with Crippen molar-refractivity contribution >= 4 is 17.7 Å². The first-order valence-corrected chi connectivity index (χ1v) is 6.85. The van der Waals surface area contributed by atoms with Gasteiger partial charge in [0.05, 0.1) is 6.10 Å². The number of rotatable bonds is 6. The molecule has 1 rings (SSSR count). The minimum Gasteiger partial charge on any atom is -0.445 e. The summed E-state index contributed by atoms with van der Waals surface area (Å²) < 4.78 is 5.28. The van der Waals surface area contributed by atoms with Crippen molar-refractivity contribution in [1.29, 1.82) is 0 Å². The lowest BCUT2D eigenvalue weighted by Gasteiger charge is -2.13. The smallest absolute Gasteiger partial charge is 0.287 e. The molecule has 4 nitrogen and oxygen atoms in total. The molecule has 0 aliphatic rings. The topological polar surface area (TPSA) is 62.5 Å². The van der Waals surface area contributed by atoms with Crippen molar-refractivity contribution in [2.24, 2.45) is 5.92 Å². The third-order valence-electron chi connectivity index (χ3n) is 2.25. The van der Waals surface area contributed by atoms with Crippen LogP contribution in [0.5, 0.6) is 0 Å². The number of amides is 1. The average molecular weight is 257 g/mol. The molecule has 0 radical (unpaired) electrons. The third-order valence-corrected chi connectivity index (χ3v) is 2.87. The summed E-state index contributed by atoms with van der Waals surface area (Å²) in [5.41, 5.74) is 0. The average Bonchev–Trinajstić information content (AvgIpc) is 2.73. The molecular formula is C12H19NO3S. The number of carbonyl (C=O) groups excluding carboxylic acids is 1. The monoisotopic (exact) mass is 257 g/mol. The molecule has 1 unspecified atom stereocenters. The number of thioether (sulfide) groups is 1. The maximum Gasteiger partial charge on any atom is 0.287 e. The Bertz CT molecular complexity index is 362. The largest absolute Gasteiger partial charge is 0.445 e. The second kappa shape index (κ2) is 6.71. The van der Waals surface area contributed by atoms with E-state index >= 15 is 0 Å². The first-order valence-electron chi connectivity index (χ1n) is 5.63. The van der Waals surface area contributed by atoms with Crippen molar-refractivity contribution in [2.45, 2.75) is 31.5 Å². The van der Waals surface area contributed by atoms with Gasteiger partial charge in [-0.1, -0.05) is 25.6 Å². The van der Waals surface area contributed by atoms with Gasteiger partial charge < -0.3 is 14.8 Å². The fraction of sp³-hybridized carbons (Fsp3) is 0.583. The van der Waals surface area contributed by atoms with Gasteiger partial charge in [0.2, 0.25) is 0 Å². The molecule has 2 N–H and O–H groups in total. The number of furan rings is 1. The molecule has 17 heavy (non-hydrogen) atoms. The van der Waals surface area contributed by atoms with Gasteiger partial charge in [0.1, 0.15) is 0 Å². The zero-order valence-corrected chi connectivity index (χ0v) is 11.2. The van der Waals surface area contributed by atoms with Crippen molar-refractivity contribution < 1.29 is 14.3 Å². The fourth-order valence-electron chi connectivity index (χ4n) is 1.48. The molecular weight excluding hydrogens is 238 g/mol. The first kappa shape index (κ1) is 14.1. The lowest BCUT2D eigenvalue weighted by Crippen LogP contribution is -2.32. The number of aliphatic hydroxyl groups excluding tert-OH is 1. The second-order valence-corrected chi connectivity index (χ2v) is 5.13. The summed E-state index contributed by atoms with van der Waals surface area (Å²) in [7, 11) is 0. The molecule has 0 aromatic carbocycles. The van der Waals surface area contributed by atoms with Gasteiger partial charge in [-0.2, -0.15) is 0 Å². The Kier molecular flexibility index (Phi) is 5.58. The summed E-state index contributed by atoms with van der Waals surface area (Å²) in [6.07, 6.45) is 2.05.